The highest BCUT2D eigenvalue weighted by atomic mass is 16.1. The van der Waals surface area contributed by atoms with Crippen LogP contribution >= 0.6 is 0 Å². The van der Waals surface area contributed by atoms with Gasteiger partial charge in [-0.1, -0.05) is 76.8 Å². The Morgan fingerprint density at radius 3 is 2.58 bits per heavy atom. The molecule has 0 bridgehead atoms. The molecule has 0 saturated carbocycles. The lowest BCUT2D eigenvalue weighted by Gasteiger charge is -2.31. The summed E-state index contributed by atoms with van der Waals surface area (Å²) >= 11 is 0. The molecule has 1 aliphatic heterocycles. The molecule has 0 radical (unpaired) electrons. The zero-order chi connectivity index (χ0) is 24.2. The molecule has 1 aromatic carbocycles. The fourth-order valence-corrected chi connectivity index (χ4v) is 5.22. The molecule has 5 rings (SSSR count). The van der Waals surface area contributed by atoms with Crippen molar-refractivity contribution in [2.24, 2.45) is 5.92 Å². The molecule has 3 aliphatic rings. The molecule has 1 aromatic heterocycles. The number of ketones is 1. The van der Waals surface area contributed by atoms with E-state index in [-0.39, 0.29) is 20.6 Å². The molecule has 4 nitrogen and oxygen atoms in total. The van der Waals surface area contributed by atoms with Gasteiger partial charge in [-0.2, -0.15) is 0 Å². The van der Waals surface area contributed by atoms with Crippen molar-refractivity contribution in [3.63, 3.8) is 0 Å². The van der Waals surface area contributed by atoms with Crippen molar-refractivity contribution in [1.29, 1.82) is 0 Å². The van der Waals surface area contributed by atoms with E-state index >= 15 is 0 Å². The van der Waals surface area contributed by atoms with Gasteiger partial charge in [0.1, 0.15) is 0 Å². The fourth-order valence-electron chi connectivity index (χ4n) is 5.22. The first-order chi connectivity index (χ1) is 16.5. The van der Waals surface area contributed by atoms with Crippen molar-refractivity contribution >= 4 is 17.0 Å². The van der Waals surface area contributed by atoms with Gasteiger partial charge in [-0.05, 0) is 49.5 Å². The summed E-state index contributed by atoms with van der Waals surface area (Å²) in [6, 6.07) is 8.78. The van der Waals surface area contributed by atoms with Crippen molar-refractivity contribution in [3.05, 3.63) is 88.3 Å². The molecule has 4 heteroatoms. The van der Waals surface area contributed by atoms with Crippen LogP contribution in [-0.2, 0) is 17.6 Å². The molecule has 1 unspecified atom stereocenters. The van der Waals surface area contributed by atoms with Crippen LogP contribution in [0.25, 0.3) is 5.57 Å². The van der Waals surface area contributed by atoms with Crippen LogP contribution in [0, 0.1) is 19.8 Å². The molecule has 2 heterocycles. The molecule has 0 spiro atoms. The number of allylic oxidation sites excluding steroid dienone is 5. The number of benzene rings is 1. The van der Waals surface area contributed by atoms with Gasteiger partial charge in [-0.3, -0.25) is 9.78 Å². The van der Waals surface area contributed by atoms with Crippen molar-refractivity contribution in [2.45, 2.75) is 61.8 Å². The first kappa shape index (κ1) is 29.3. The average molecular weight is 488 g/mol. The highest BCUT2D eigenvalue weighted by Gasteiger charge is 2.30. The van der Waals surface area contributed by atoms with Crippen molar-refractivity contribution < 1.29 is 4.79 Å². The van der Waals surface area contributed by atoms with Crippen LogP contribution in [0.3, 0.4) is 0 Å². The highest BCUT2D eigenvalue weighted by Crippen LogP contribution is 2.43. The smallest absolute Gasteiger partial charge is 0.167 e. The largest absolute Gasteiger partial charge is 0.369 e. The molecule has 1 N–H and O–H groups in total. The van der Waals surface area contributed by atoms with Gasteiger partial charge in [0.25, 0.3) is 0 Å². The minimum Gasteiger partial charge on any atom is -0.369 e. The monoisotopic (exact) mass is 487 g/mol. The summed E-state index contributed by atoms with van der Waals surface area (Å²) in [5.74, 6) is 0.491. The zero-order valence-corrected chi connectivity index (χ0v) is 21.1. The molecule has 0 amide bonds. The Morgan fingerprint density at radius 1 is 1.14 bits per heavy atom. The van der Waals surface area contributed by atoms with E-state index in [1.165, 1.54) is 27.8 Å². The van der Waals surface area contributed by atoms with Crippen LogP contribution in [-0.4, -0.2) is 36.9 Å². The summed E-state index contributed by atoms with van der Waals surface area (Å²) in [6.45, 7) is 16.4. The second kappa shape index (κ2) is 12.8. The van der Waals surface area contributed by atoms with Crippen LogP contribution < -0.4 is 10.2 Å². The molecule has 1 fully saturated rings. The molecule has 36 heavy (non-hydrogen) atoms. The number of hydrogen-bond acceptors (Lipinski definition) is 4. The van der Waals surface area contributed by atoms with E-state index in [1.54, 1.807) is 0 Å². The van der Waals surface area contributed by atoms with Gasteiger partial charge in [-0.15, -0.1) is 0 Å². The number of carbonyl (C=O) groups excluding carboxylic acids is 1. The van der Waals surface area contributed by atoms with Gasteiger partial charge in [0.15, 0.2) is 5.78 Å². The van der Waals surface area contributed by atoms with E-state index in [2.05, 4.69) is 65.1 Å². The number of aromatic nitrogens is 1. The number of nitrogens with zero attached hydrogens (tertiary/aromatic N) is 2. The summed E-state index contributed by atoms with van der Waals surface area (Å²) in [7, 11) is 0. The van der Waals surface area contributed by atoms with Crippen LogP contribution in [0.15, 0.2) is 60.3 Å². The van der Waals surface area contributed by atoms with E-state index in [1.807, 2.05) is 27.0 Å². The van der Waals surface area contributed by atoms with Gasteiger partial charge >= 0.3 is 0 Å². The summed E-state index contributed by atoms with van der Waals surface area (Å²) in [4.78, 5) is 20.1. The van der Waals surface area contributed by atoms with E-state index in [9.17, 15) is 4.79 Å². The number of hydrogen-bond donors (Lipinski definition) is 1. The number of rotatable bonds is 5. The minimum absolute atomic E-state index is 0. The lowest BCUT2D eigenvalue weighted by molar-refractivity contribution is -0.114. The van der Waals surface area contributed by atoms with Crippen LogP contribution in [0.4, 0.5) is 5.69 Å². The van der Waals surface area contributed by atoms with Crippen molar-refractivity contribution in [1.82, 2.24) is 10.3 Å². The van der Waals surface area contributed by atoms with Gasteiger partial charge in [0.2, 0.25) is 0 Å². The maximum absolute atomic E-state index is 13.2. The van der Waals surface area contributed by atoms with Crippen molar-refractivity contribution in [3.8, 4) is 0 Å². The SMILES string of the molecule is C.C.C=C1c2cc(C)ccc2CC1C1=CC(C(=O)Cc2cnc(C)cc2N2CCNCC2)=CC1.CC. The Kier molecular flexibility index (Phi) is 10.4. The van der Waals surface area contributed by atoms with E-state index in [4.69, 9.17) is 0 Å². The summed E-state index contributed by atoms with van der Waals surface area (Å²) in [5.41, 5.74) is 10.5. The fraction of sp³-hybridized carbons (Fsp3) is 0.438. The lowest BCUT2D eigenvalue weighted by atomic mass is 9.91. The topological polar surface area (TPSA) is 45.2 Å². The summed E-state index contributed by atoms with van der Waals surface area (Å²) in [5, 5.41) is 3.40. The molecule has 1 saturated heterocycles. The first-order valence-corrected chi connectivity index (χ1v) is 12.6. The molecule has 1 atom stereocenters. The summed E-state index contributed by atoms with van der Waals surface area (Å²) in [6.07, 6.45) is 8.35. The number of Topliss-reactive ketones (excluding diaryl/α,β-unsaturated/α-hetero) is 1. The first-order valence-electron chi connectivity index (χ1n) is 12.6. The van der Waals surface area contributed by atoms with E-state index < -0.39 is 0 Å². The Bertz CT molecular complexity index is 1150. The highest BCUT2D eigenvalue weighted by molar-refractivity contribution is 6.01. The second-order valence-electron chi connectivity index (χ2n) is 9.32. The third kappa shape index (κ3) is 6.04. The maximum atomic E-state index is 13.2. The van der Waals surface area contributed by atoms with Gasteiger partial charge in [0.05, 0.1) is 0 Å². The third-order valence-corrected chi connectivity index (χ3v) is 7.03. The van der Waals surface area contributed by atoms with Crippen LogP contribution in [0.5, 0.6) is 0 Å². The Balaban J connectivity index is 0.00000111. The Morgan fingerprint density at radius 2 is 1.86 bits per heavy atom. The van der Waals surface area contributed by atoms with Gasteiger partial charge < -0.3 is 10.2 Å². The van der Waals surface area contributed by atoms with Crippen LogP contribution in [0.1, 0.15) is 63.1 Å². The number of pyridine rings is 1. The standard InChI is InChI=1S/C28H31N3O.C2H6.2CH4/c1-18-4-5-22-15-26(20(3)25(22)12-18)21-6-7-23(14-21)28(32)16-24-17-30-19(2)13-27(24)31-10-8-29-9-11-31;1-2;;/h4-5,7,12-14,17,26,29H,3,6,8-11,15-16H2,1-2H3;1-2H3;2*1H4. The number of anilines is 1. The number of nitrogens with one attached hydrogen (secondary N) is 1. The Labute approximate surface area is 219 Å². The predicted octanol–water partition coefficient (Wildman–Crippen LogP) is 6.66. The number of piperazine rings is 1. The van der Waals surface area contributed by atoms with E-state index in [0.29, 0.717) is 12.3 Å². The van der Waals surface area contributed by atoms with Gasteiger partial charge in [-0.25, -0.2) is 0 Å². The van der Waals surface area contributed by atoms with Gasteiger partial charge in [0, 0.05) is 67.2 Å². The molecular weight excluding hydrogens is 442 g/mol. The second-order valence-corrected chi connectivity index (χ2v) is 9.32. The number of fused-ring (bicyclic) bond motifs is 1. The summed E-state index contributed by atoms with van der Waals surface area (Å²) < 4.78 is 0. The number of aryl methyl sites for hydroxylation is 2. The average Bonchev–Trinajstić information content (AvgIpc) is 3.47. The maximum Gasteiger partial charge on any atom is 0.167 e. The van der Waals surface area contributed by atoms with E-state index in [0.717, 1.165) is 61.5 Å². The normalized spacial score (nSPS) is 18.2. The third-order valence-electron chi connectivity index (χ3n) is 7.03. The number of carbonyl (C=O) groups is 1. The molecular formula is C32H45N3O. The predicted molar refractivity (Wildman–Crippen MR) is 156 cm³/mol. The molecule has 2 aliphatic carbocycles. The quantitative estimate of drug-likeness (QED) is 0.512. The minimum atomic E-state index is 0. The lowest BCUT2D eigenvalue weighted by Crippen LogP contribution is -2.44. The zero-order valence-electron chi connectivity index (χ0n) is 21.1. The van der Waals surface area contributed by atoms with Crippen molar-refractivity contribution in [2.75, 3.05) is 31.1 Å². The Hall–Kier alpha value is -2.98. The molecule has 194 valence electrons. The molecule has 2 aromatic rings. The van der Waals surface area contributed by atoms with Crippen LogP contribution in [0.2, 0.25) is 0 Å².